The predicted octanol–water partition coefficient (Wildman–Crippen LogP) is 1.96. The molecule has 1 aromatic heterocycles. The van der Waals surface area contributed by atoms with Gasteiger partial charge in [-0.05, 0) is 0 Å². The van der Waals surface area contributed by atoms with Crippen LogP contribution in [-0.4, -0.2) is 21.8 Å². The van der Waals surface area contributed by atoms with Crippen molar-refractivity contribution in [2.24, 2.45) is 5.92 Å². The molecule has 0 aliphatic rings. The van der Waals surface area contributed by atoms with Crippen LogP contribution in [0.3, 0.4) is 0 Å². The SMILES string of the molecule is CC(CSc1nccs1)C(=O)O. The molecule has 1 unspecified atom stereocenters. The Hall–Kier alpha value is -0.550. The van der Waals surface area contributed by atoms with Crippen molar-refractivity contribution < 1.29 is 9.90 Å². The molecular formula is C7H9NO2S2. The molecule has 0 fully saturated rings. The second-order valence-corrected chi connectivity index (χ2v) is 4.51. The molecule has 1 rings (SSSR count). The molecule has 1 aromatic rings. The van der Waals surface area contributed by atoms with Crippen LogP contribution in [0.4, 0.5) is 0 Å². The highest BCUT2D eigenvalue weighted by molar-refractivity contribution is 8.01. The van der Waals surface area contributed by atoms with Gasteiger partial charge in [0.15, 0.2) is 0 Å². The number of thiazole rings is 1. The van der Waals surface area contributed by atoms with E-state index in [2.05, 4.69) is 4.98 Å². The molecule has 5 heteroatoms. The smallest absolute Gasteiger partial charge is 0.307 e. The van der Waals surface area contributed by atoms with Crippen LogP contribution in [-0.2, 0) is 4.79 Å². The molecule has 0 saturated carbocycles. The summed E-state index contributed by atoms with van der Waals surface area (Å²) in [7, 11) is 0. The fraction of sp³-hybridized carbons (Fsp3) is 0.429. The van der Waals surface area contributed by atoms with Crippen LogP contribution in [0, 0.1) is 5.92 Å². The topological polar surface area (TPSA) is 50.2 Å². The number of aliphatic carboxylic acids is 1. The highest BCUT2D eigenvalue weighted by atomic mass is 32.2. The second-order valence-electron chi connectivity index (χ2n) is 2.35. The molecule has 0 bridgehead atoms. The standard InChI is InChI=1S/C7H9NO2S2/c1-5(6(9)10)4-12-7-8-2-3-11-7/h2-3,5H,4H2,1H3,(H,9,10). The molecule has 1 N–H and O–H groups in total. The fourth-order valence-electron chi connectivity index (χ4n) is 0.549. The van der Waals surface area contributed by atoms with Crippen LogP contribution in [0.25, 0.3) is 0 Å². The number of hydrogen-bond acceptors (Lipinski definition) is 4. The normalized spacial score (nSPS) is 12.8. The van der Waals surface area contributed by atoms with E-state index in [1.165, 1.54) is 23.1 Å². The van der Waals surface area contributed by atoms with Crippen molar-refractivity contribution in [1.82, 2.24) is 4.98 Å². The van der Waals surface area contributed by atoms with Crippen LogP contribution in [0.15, 0.2) is 15.9 Å². The van der Waals surface area contributed by atoms with Crippen molar-refractivity contribution in [3.8, 4) is 0 Å². The van der Waals surface area contributed by atoms with Gasteiger partial charge in [-0.2, -0.15) is 0 Å². The summed E-state index contributed by atoms with van der Waals surface area (Å²) >= 11 is 3.03. The second kappa shape index (κ2) is 4.47. The average Bonchev–Trinajstić information content (AvgIpc) is 2.51. The number of aromatic nitrogens is 1. The number of carbonyl (C=O) groups is 1. The minimum Gasteiger partial charge on any atom is -0.481 e. The summed E-state index contributed by atoms with van der Waals surface area (Å²) in [5.41, 5.74) is 0. The van der Waals surface area contributed by atoms with E-state index in [4.69, 9.17) is 5.11 Å². The summed E-state index contributed by atoms with van der Waals surface area (Å²) in [6.45, 7) is 1.70. The number of thioether (sulfide) groups is 1. The van der Waals surface area contributed by atoms with Crippen molar-refractivity contribution in [3.05, 3.63) is 11.6 Å². The summed E-state index contributed by atoms with van der Waals surface area (Å²) in [6.07, 6.45) is 1.72. The third-order valence-corrected chi connectivity index (χ3v) is 3.51. The van der Waals surface area contributed by atoms with Gasteiger partial charge in [0.1, 0.15) is 4.34 Å². The van der Waals surface area contributed by atoms with Gasteiger partial charge < -0.3 is 5.11 Å². The van der Waals surface area contributed by atoms with E-state index in [1.54, 1.807) is 13.1 Å². The lowest BCUT2D eigenvalue weighted by Crippen LogP contribution is -2.11. The van der Waals surface area contributed by atoms with Crippen LogP contribution in [0.2, 0.25) is 0 Å². The molecule has 0 spiro atoms. The highest BCUT2D eigenvalue weighted by Gasteiger charge is 2.11. The van der Waals surface area contributed by atoms with Gasteiger partial charge in [-0.3, -0.25) is 4.79 Å². The van der Waals surface area contributed by atoms with E-state index in [0.29, 0.717) is 5.75 Å². The van der Waals surface area contributed by atoms with Crippen LogP contribution in [0.5, 0.6) is 0 Å². The fourth-order valence-corrected chi connectivity index (χ4v) is 2.22. The first-order chi connectivity index (χ1) is 5.70. The first-order valence-corrected chi connectivity index (χ1v) is 5.32. The molecule has 12 heavy (non-hydrogen) atoms. The maximum absolute atomic E-state index is 10.4. The van der Waals surface area contributed by atoms with Gasteiger partial charge in [0, 0.05) is 17.3 Å². The molecule has 3 nitrogen and oxygen atoms in total. The first-order valence-electron chi connectivity index (χ1n) is 3.45. The predicted molar refractivity (Wildman–Crippen MR) is 49.6 cm³/mol. The molecule has 0 amide bonds. The quantitative estimate of drug-likeness (QED) is 0.760. The minimum atomic E-state index is -0.751. The van der Waals surface area contributed by atoms with E-state index in [1.807, 2.05) is 5.38 Å². The Morgan fingerprint density at radius 3 is 3.17 bits per heavy atom. The highest BCUT2D eigenvalue weighted by Crippen LogP contribution is 2.22. The van der Waals surface area contributed by atoms with E-state index in [0.717, 1.165) is 4.34 Å². The zero-order valence-corrected chi connectivity index (χ0v) is 8.19. The van der Waals surface area contributed by atoms with Crippen molar-refractivity contribution in [2.45, 2.75) is 11.3 Å². The average molecular weight is 203 g/mol. The molecular weight excluding hydrogens is 194 g/mol. The Kier molecular flexibility index (Phi) is 3.55. The molecule has 1 atom stereocenters. The molecule has 0 aromatic carbocycles. The number of carboxylic acid groups (broad SMARTS) is 1. The number of carboxylic acids is 1. The lowest BCUT2D eigenvalue weighted by Gasteiger charge is -2.02. The lowest BCUT2D eigenvalue weighted by molar-refractivity contribution is -0.140. The summed E-state index contributed by atoms with van der Waals surface area (Å²) in [5.74, 6) is -0.471. The van der Waals surface area contributed by atoms with Gasteiger partial charge in [-0.15, -0.1) is 11.3 Å². The zero-order chi connectivity index (χ0) is 8.97. The summed E-state index contributed by atoms with van der Waals surface area (Å²) in [5, 5.41) is 10.5. The molecule has 0 aliphatic carbocycles. The van der Waals surface area contributed by atoms with Gasteiger partial charge in [0.2, 0.25) is 0 Å². The molecule has 0 saturated heterocycles. The largest absolute Gasteiger partial charge is 0.481 e. The van der Waals surface area contributed by atoms with Crippen LogP contribution >= 0.6 is 23.1 Å². The molecule has 1 heterocycles. The monoisotopic (exact) mass is 203 g/mol. The van der Waals surface area contributed by atoms with Crippen molar-refractivity contribution in [1.29, 1.82) is 0 Å². The van der Waals surface area contributed by atoms with Crippen LogP contribution < -0.4 is 0 Å². The number of rotatable bonds is 4. The Bertz CT molecular complexity index is 248. The zero-order valence-electron chi connectivity index (χ0n) is 6.56. The third kappa shape index (κ3) is 2.83. The Morgan fingerprint density at radius 2 is 2.67 bits per heavy atom. The van der Waals surface area contributed by atoms with Crippen LogP contribution in [0.1, 0.15) is 6.92 Å². The van der Waals surface area contributed by atoms with Crippen molar-refractivity contribution >= 4 is 29.1 Å². The van der Waals surface area contributed by atoms with Gasteiger partial charge in [-0.25, -0.2) is 4.98 Å². The Balaban J connectivity index is 2.31. The Labute approximate surface area is 78.8 Å². The van der Waals surface area contributed by atoms with Gasteiger partial charge in [0.05, 0.1) is 5.92 Å². The van der Waals surface area contributed by atoms with Gasteiger partial charge >= 0.3 is 5.97 Å². The number of hydrogen-bond donors (Lipinski definition) is 1. The summed E-state index contributed by atoms with van der Waals surface area (Å²) in [6, 6.07) is 0. The third-order valence-electron chi connectivity index (χ3n) is 1.29. The molecule has 0 aliphatic heterocycles. The van der Waals surface area contributed by atoms with E-state index < -0.39 is 5.97 Å². The first kappa shape index (κ1) is 9.54. The van der Waals surface area contributed by atoms with Crippen molar-refractivity contribution in [3.63, 3.8) is 0 Å². The molecule has 0 radical (unpaired) electrons. The van der Waals surface area contributed by atoms with Gasteiger partial charge in [-0.1, -0.05) is 18.7 Å². The minimum absolute atomic E-state index is 0.307. The number of nitrogens with zero attached hydrogens (tertiary/aromatic N) is 1. The summed E-state index contributed by atoms with van der Waals surface area (Å²) in [4.78, 5) is 14.5. The van der Waals surface area contributed by atoms with E-state index >= 15 is 0 Å². The molecule has 66 valence electrons. The maximum Gasteiger partial charge on any atom is 0.307 e. The maximum atomic E-state index is 10.4. The van der Waals surface area contributed by atoms with Crippen molar-refractivity contribution in [2.75, 3.05) is 5.75 Å². The van der Waals surface area contributed by atoms with E-state index in [9.17, 15) is 4.79 Å². The lowest BCUT2D eigenvalue weighted by atomic mass is 10.2. The summed E-state index contributed by atoms with van der Waals surface area (Å²) < 4.78 is 0.933. The van der Waals surface area contributed by atoms with Gasteiger partial charge in [0.25, 0.3) is 0 Å². The van der Waals surface area contributed by atoms with E-state index in [-0.39, 0.29) is 5.92 Å². The Morgan fingerprint density at radius 1 is 1.92 bits per heavy atom.